The summed E-state index contributed by atoms with van der Waals surface area (Å²) in [6.07, 6.45) is 8.57. The second kappa shape index (κ2) is 8.71. The number of H-pyrrole nitrogens is 1. The number of likely N-dealkylation sites (tertiary alicyclic amines) is 1. The molecule has 124 valence electrons. The van der Waals surface area contributed by atoms with E-state index in [0.29, 0.717) is 6.04 Å². The zero-order valence-corrected chi connectivity index (χ0v) is 15.5. The van der Waals surface area contributed by atoms with Gasteiger partial charge in [-0.1, -0.05) is 12.8 Å². The largest absolute Gasteiger partial charge is 0.352 e. The molecule has 2 aliphatic rings. The van der Waals surface area contributed by atoms with Gasteiger partial charge in [0.1, 0.15) is 0 Å². The molecule has 7 heteroatoms. The summed E-state index contributed by atoms with van der Waals surface area (Å²) in [5.74, 6) is 0.878. The summed E-state index contributed by atoms with van der Waals surface area (Å²) in [7, 11) is 1.83. The van der Waals surface area contributed by atoms with Crippen molar-refractivity contribution in [1.82, 2.24) is 25.7 Å². The predicted molar refractivity (Wildman–Crippen MR) is 99.6 cm³/mol. The van der Waals surface area contributed by atoms with E-state index in [1.807, 2.05) is 13.1 Å². The van der Waals surface area contributed by atoms with Crippen LogP contribution in [-0.4, -0.2) is 53.3 Å². The van der Waals surface area contributed by atoms with Gasteiger partial charge in [-0.3, -0.25) is 15.0 Å². The fourth-order valence-electron chi connectivity index (χ4n) is 3.46. The van der Waals surface area contributed by atoms with Crippen molar-refractivity contribution >= 4 is 29.9 Å². The van der Waals surface area contributed by atoms with E-state index in [9.17, 15) is 0 Å². The van der Waals surface area contributed by atoms with Gasteiger partial charge in [0, 0.05) is 38.4 Å². The first-order chi connectivity index (χ1) is 10.3. The highest BCUT2D eigenvalue weighted by Crippen LogP contribution is 2.26. The molecule has 1 aliphatic heterocycles. The van der Waals surface area contributed by atoms with Crippen molar-refractivity contribution in [3.8, 4) is 0 Å². The van der Waals surface area contributed by atoms with Crippen LogP contribution >= 0.6 is 24.0 Å². The highest BCUT2D eigenvalue weighted by Gasteiger charge is 2.30. The van der Waals surface area contributed by atoms with Crippen molar-refractivity contribution in [2.75, 3.05) is 20.1 Å². The summed E-state index contributed by atoms with van der Waals surface area (Å²) in [6, 6.07) is 3.31. The minimum Gasteiger partial charge on any atom is -0.352 e. The molecule has 0 spiro atoms. The predicted octanol–water partition coefficient (Wildman–Crippen LogP) is 1.71. The number of guanidine groups is 1. The van der Waals surface area contributed by atoms with Crippen LogP contribution < -0.4 is 10.6 Å². The summed E-state index contributed by atoms with van der Waals surface area (Å²) in [6.45, 7) is 3.09. The van der Waals surface area contributed by atoms with Gasteiger partial charge in [0.05, 0.1) is 12.2 Å². The molecule has 1 aliphatic carbocycles. The van der Waals surface area contributed by atoms with Crippen molar-refractivity contribution < 1.29 is 0 Å². The number of aliphatic imine (C=N–C) groups is 1. The minimum absolute atomic E-state index is 0. The van der Waals surface area contributed by atoms with E-state index < -0.39 is 0 Å². The van der Waals surface area contributed by atoms with Gasteiger partial charge in [-0.15, -0.1) is 24.0 Å². The van der Waals surface area contributed by atoms with Gasteiger partial charge in [0.25, 0.3) is 0 Å². The minimum atomic E-state index is 0. The van der Waals surface area contributed by atoms with E-state index in [2.05, 4.69) is 30.7 Å². The number of aromatic amines is 1. The van der Waals surface area contributed by atoms with E-state index in [4.69, 9.17) is 0 Å². The Morgan fingerprint density at radius 1 is 1.41 bits per heavy atom. The number of hydrogen-bond donors (Lipinski definition) is 3. The average molecular weight is 418 g/mol. The van der Waals surface area contributed by atoms with Crippen molar-refractivity contribution in [1.29, 1.82) is 0 Å². The van der Waals surface area contributed by atoms with Crippen molar-refractivity contribution in [2.45, 2.75) is 50.7 Å². The molecule has 1 saturated carbocycles. The van der Waals surface area contributed by atoms with Crippen LogP contribution in [0.1, 0.15) is 37.8 Å². The summed E-state index contributed by atoms with van der Waals surface area (Å²) in [5.41, 5.74) is 1.07. The van der Waals surface area contributed by atoms with Crippen LogP contribution in [0.3, 0.4) is 0 Å². The fraction of sp³-hybridized carbons (Fsp3) is 0.733. The summed E-state index contributed by atoms with van der Waals surface area (Å²) < 4.78 is 0. The first kappa shape index (κ1) is 17.5. The molecule has 22 heavy (non-hydrogen) atoms. The van der Waals surface area contributed by atoms with Crippen LogP contribution in [0.25, 0.3) is 0 Å². The number of halogens is 1. The number of nitrogens with one attached hydrogen (secondary N) is 3. The van der Waals surface area contributed by atoms with Crippen molar-refractivity contribution in [3.05, 3.63) is 18.0 Å². The first-order valence-corrected chi connectivity index (χ1v) is 8.04. The van der Waals surface area contributed by atoms with E-state index in [1.54, 1.807) is 6.20 Å². The fourth-order valence-corrected chi connectivity index (χ4v) is 3.46. The van der Waals surface area contributed by atoms with Crippen LogP contribution in [0, 0.1) is 0 Å². The van der Waals surface area contributed by atoms with Gasteiger partial charge >= 0.3 is 0 Å². The molecule has 2 fully saturated rings. The smallest absolute Gasteiger partial charge is 0.191 e. The maximum atomic E-state index is 4.32. The molecule has 0 aromatic carbocycles. The molecule has 2 heterocycles. The molecule has 6 nitrogen and oxygen atoms in total. The van der Waals surface area contributed by atoms with Crippen LogP contribution in [0.15, 0.2) is 17.3 Å². The Balaban J connectivity index is 0.00000176. The molecule has 0 radical (unpaired) electrons. The quantitative estimate of drug-likeness (QED) is 0.396. The van der Waals surface area contributed by atoms with Crippen molar-refractivity contribution in [2.24, 2.45) is 4.99 Å². The van der Waals surface area contributed by atoms with Gasteiger partial charge in [0.15, 0.2) is 5.96 Å². The van der Waals surface area contributed by atoms with E-state index >= 15 is 0 Å². The average Bonchev–Trinajstić information content (AvgIpc) is 3.24. The molecule has 3 rings (SSSR count). The monoisotopic (exact) mass is 418 g/mol. The Morgan fingerprint density at radius 3 is 2.91 bits per heavy atom. The lowest BCUT2D eigenvalue weighted by Crippen LogP contribution is -2.45. The third kappa shape index (κ3) is 4.58. The molecule has 1 aromatic heterocycles. The Hall–Kier alpha value is -0.830. The van der Waals surface area contributed by atoms with Crippen LogP contribution in [-0.2, 0) is 6.54 Å². The molecule has 1 atom stereocenters. The van der Waals surface area contributed by atoms with Gasteiger partial charge in [-0.05, 0) is 25.3 Å². The molecule has 0 amide bonds. The van der Waals surface area contributed by atoms with E-state index in [-0.39, 0.29) is 24.0 Å². The Morgan fingerprint density at radius 2 is 2.23 bits per heavy atom. The van der Waals surface area contributed by atoms with Crippen LogP contribution in [0.5, 0.6) is 0 Å². The lowest BCUT2D eigenvalue weighted by molar-refractivity contribution is 0.242. The maximum absolute atomic E-state index is 4.32. The van der Waals surface area contributed by atoms with Crippen LogP contribution in [0.2, 0.25) is 0 Å². The molecule has 3 N–H and O–H groups in total. The highest BCUT2D eigenvalue weighted by atomic mass is 127. The normalized spacial score (nSPS) is 23.5. The first-order valence-electron chi connectivity index (χ1n) is 8.04. The second-order valence-corrected chi connectivity index (χ2v) is 6.07. The zero-order valence-electron chi connectivity index (χ0n) is 13.2. The number of aromatic nitrogens is 2. The molecule has 1 aromatic rings. The van der Waals surface area contributed by atoms with Crippen molar-refractivity contribution in [3.63, 3.8) is 0 Å². The molecular formula is C15H27IN6. The molecular weight excluding hydrogens is 391 g/mol. The van der Waals surface area contributed by atoms with Gasteiger partial charge in [-0.2, -0.15) is 5.10 Å². The lowest BCUT2D eigenvalue weighted by Gasteiger charge is -2.24. The third-order valence-corrected chi connectivity index (χ3v) is 4.63. The van der Waals surface area contributed by atoms with E-state index in [1.165, 1.54) is 38.6 Å². The van der Waals surface area contributed by atoms with Gasteiger partial charge in [-0.25, -0.2) is 0 Å². The SMILES string of the molecule is CN=C(NCc1ccn[nH]1)NC1CCN(C2CCCC2)C1.I. The Labute approximate surface area is 149 Å². The molecule has 0 bridgehead atoms. The second-order valence-electron chi connectivity index (χ2n) is 6.07. The number of hydrogen-bond acceptors (Lipinski definition) is 3. The van der Waals surface area contributed by atoms with E-state index in [0.717, 1.165) is 30.8 Å². The number of nitrogens with zero attached hydrogens (tertiary/aromatic N) is 3. The number of rotatable bonds is 4. The third-order valence-electron chi connectivity index (χ3n) is 4.63. The summed E-state index contributed by atoms with van der Waals surface area (Å²) in [5, 5.41) is 13.8. The summed E-state index contributed by atoms with van der Waals surface area (Å²) >= 11 is 0. The topological polar surface area (TPSA) is 68.3 Å². The highest BCUT2D eigenvalue weighted by molar-refractivity contribution is 14.0. The summed E-state index contributed by atoms with van der Waals surface area (Å²) in [4.78, 5) is 6.97. The van der Waals surface area contributed by atoms with Crippen LogP contribution in [0.4, 0.5) is 0 Å². The van der Waals surface area contributed by atoms with Gasteiger partial charge < -0.3 is 10.6 Å². The van der Waals surface area contributed by atoms with Gasteiger partial charge in [0.2, 0.25) is 0 Å². The molecule has 1 unspecified atom stereocenters. The zero-order chi connectivity index (χ0) is 14.5. The Kier molecular flexibility index (Phi) is 6.94. The lowest BCUT2D eigenvalue weighted by atomic mass is 10.2. The molecule has 1 saturated heterocycles. The maximum Gasteiger partial charge on any atom is 0.191 e. The Bertz CT molecular complexity index is 455. The standard InChI is InChI=1S/C15H26N6.HI/c1-16-15(17-10-12-6-8-18-20-12)19-13-7-9-21(11-13)14-4-2-3-5-14;/h6,8,13-14H,2-5,7,9-11H2,1H3,(H,18,20)(H2,16,17,19);1H.